The van der Waals surface area contributed by atoms with E-state index in [9.17, 15) is 9.59 Å². The zero-order chi connectivity index (χ0) is 21.1. The Bertz CT molecular complexity index is 892. The third-order valence-corrected chi connectivity index (χ3v) is 6.86. The molecule has 2 aliphatic carbocycles. The van der Waals surface area contributed by atoms with Crippen molar-refractivity contribution in [3.63, 3.8) is 0 Å². The number of nitrogens with two attached hydrogens (primary N) is 1. The van der Waals surface area contributed by atoms with E-state index in [1.165, 1.54) is 24.6 Å². The van der Waals surface area contributed by atoms with Gasteiger partial charge in [-0.3, -0.25) is 9.59 Å². The summed E-state index contributed by atoms with van der Waals surface area (Å²) >= 11 is 1.41. The molecule has 1 atom stereocenters. The Morgan fingerprint density at radius 1 is 1.20 bits per heavy atom. The summed E-state index contributed by atoms with van der Waals surface area (Å²) in [4.78, 5) is 26.5. The number of carbonyl (C=O) groups excluding carboxylic acids is 2. The average molecular weight is 428 g/mol. The standard InChI is InChI=1S/C22H29N5O2S/c1-15(17-7-8-17)27(13-16-5-3-2-4-6-16)20(29)14-30-22-25-24-21(18-9-10-18)26(22)12-11-19(23)28/h2-6,15,17-18H,7-14H2,1H3,(H2,23,28). The molecule has 0 spiro atoms. The Labute approximate surface area is 181 Å². The maximum Gasteiger partial charge on any atom is 0.233 e. The molecule has 8 heteroatoms. The van der Waals surface area contributed by atoms with Gasteiger partial charge in [0, 0.05) is 31.5 Å². The molecule has 0 radical (unpaired) electrons. The fraction of sp³-hybridized carbons (Fsp3) is 0.545. The Morgan fingerprint density at radius 2 is 1.93 bits per heavy atom. The van der Waals surface area contributed by atoms with Gasteiger partial charge in [0.05, 0.1) is 5.75 Å². The summed E-state index contributed by atoms with van der Waals surface area (Å²) in [5.41, 5.74) is 6.49. The molecule has 1 aromatic carbocycles. The van der Waals surface area contributed by atoms with Crippen LogP contribution in [0.15, 0.2) is 35.5 Å². The highest BCUT2D eigenvalue weighted by Crippen LogP contribution is 2.40. The molecule has 7 nitrogen and oxygen atoms in total. The summed E-state index contributed by atoms with van der Waals surface area (Å²) in [6.07, 6.45) is 4.83. The minimum atomic E-state index is -0.343. The number of hydrogen-bond donors (Lipinski definition) is 1. The van der Waals surface area contributed by atoms with Crippen molar-refractivity contribution in [2.75, 3.05) is 5.75 Å². The molecule has 2 amide bonds. The maximum atomic E-state index is 13.2. The van der Waals surface area contributed by atoms with Crippen LogP contribution in [-0.2, 0) is 22.7 Å². The van der Waals surface area contributed by atoms with Gasteiger partial charge in [0.2, 0.25) is 11.8 Å². The summed E-state index contributed by atoms with van der Waals surface area (Å²) < 4.78 is 1.98. The van der Waals surface area contributed by atoms with Gasteiger partial charge in [-0.25, -0.2) is 0 Å². The van der Waals surface area contributed by atoms with Gasteiger partial charge in [-0.15, -0.1) is 10.2 Å². The van der Waals surface area contributed by atoms with Crippen molar-refractivity contribution in [3.8, 4) is 0 Å². The zero-order valence-electron chi connectivity index (χ0n) is 17.4. The van der Waals surface area contributed by atoms with Crippen LogP contribution in [0, 0.1) is 5.92 Å². The molecular weight excluding hydrogens is 398 g/mol. The van der Waals surface area contributed by atoms with Gasteiger partial charge in [0.15, 0.2) is 5.16 Å². The van der Waals surface area contributed by atoms with E-state index < -0.39 is 0 Å². The number of rotatable bonds is 11. The van der Waals surface area contributed by atoms with Gasteiger partial charge in [-0.1, -0.05) is 42.1 Å². The average Bonchev–Trinajstić information content (AvgIpc) is 3.66. The normalized spacial score (nSPS) is 17.0. The van der Waals surface area contributed by atoms with Crippen molar-refractivity contribution < 1.29 is 9.59 Å². The number of aromatic nitrogens is 3. The lowest BCUT2D eigenvalue weighted by Gasteiger charge is -2.29. The Morgan fingerprint density at radius 3 is 2.57 bits per heavy atom. The van der Waals surface area contributed by atoms with E-state index in [0.717, 1.165) is 24.2 Å². The Kier molecular flexibility index (Phi) is 6.41. The third kappa shape index (κ3) is 5.22. The van der Waals surface area contributed by atoms with Gasteiger partial charge >= 0.3 is 0 Å². The SMILES string of the molecule is CC(C1CC1)N(Cc1ccccc1)C(=O)CSc1nnc(C2CC2)n1CCC(N)=O. The van der Waals surface area contributed by atoms with Crippen molar-refractivity contribution >= 4 is 23.6 Å². The second-order valence-electron chi connectivity index (χ2n) is 8.36. The first-order chi connectivity index (χ1) is 14.5. The van der Waals surface area contributed by atoms with E-state index in [2.05, 4.69) is 29.3 Å². The number of thioether (sulfide) groups is 1. The first-order valence-corrected chi connectivity index (χ1v) is 11.7. The molecule has 2 fully saturated rings. The molecule has 2 saturated carbocycles. The van der Waals surface area contributed by atoms with E-state index >= 15 is 0 Å². The van der Waals surface area contributed by atoms with Crippen LogP contribution in [0.3, 0.4) is 0 Å². The first kappa shape index (κ1) is 20.9. The highest BCUT2D eigenvalue weighted by molar-refractivity contribution is 7.99. The summed E-state index contributed by atoms with van der Waals surface area (Å²) in [7, 11) is 0. The maximum absolute atomic E-state index is 13.2. The number of nitrogens with zero attached hydrogens (tertiary/aromatic N) is 4. The molecule has 0 bridgehead atoms. The third-order valence-electron chi connectivity index (χ3n) is 5.91. The van der Waals surface area contributed by atoms with Crippen LogP contribution < -0.4 is 5.73 Å². The van der Waals surface area contributed by atoms with Crippen LogP contribution in [0.25, 0.3) is 0 Å². The Hall–Kier alpha value is -2.35. The van der Waals surface area contributed by atoms with Gasteiger partial charge in [-0.05, 0) is 44.1 Å². The molecule has 160 valence electrons. The van der Waals surface area contributed by atoms with Crippen molar-refractivity contribution in [2.24, 2.45) is 11.7 Å². The minimum absolute atomic E-state index is 0.112. The topological polar surface area (TPSA) is 94.1 Å². The summed E-state index contributed by atoms with van der Waals surface area (Å²) in [5, 5.41) is 9.35. The Balaban J connectivity index is 1.44. The molecule has 2 aromatic rings. The van der Waals surface area contributed by atoms with Crippen LogP contribution in [0.5, 0.6) is 0 Å². The number of amides is 2. The van der Waals surface area contributed by atoms with Crippen LogP contribution in [0.4, 0.5) is 0 Å². The van der Waals surface area contributed by atoms with Crippen LogP contribution in [0.2, 0.25) is 0 Å². The molecular formula is C22H29N5O2S. The summed E-state index contributed by atoms with van der Waals surface area (Å²) in [6.45, 7) is 3.25. The van der Waals surface area contributed by atoms with Crippen molar-refractivity contribution in [2.45, 2.75) is 69.2 Å². The van der Waals surface area contributed by atoms with E-state index in [0.29, 0.717) is 35.8 Å². The molecule has 1 unspecified atom stereocenters. The predicted molar refractivity (Wildman–Crippen MR) is 116 cm³/mol. The number of hydrogen-bond acceptors (Lipinski definition) is 5. The van der Waals surface area contributed by atoms with Gasteiger partial charge in [0.1, 0.15) is 5.82 Å². The lowest BCUT2D eigenvalue weighted by atomic mass is 10.1. The van der Waals surface area contributed by atoms with Gasteiger partial charge in [-0.2, -0.15) is 0 Å². The molecule has 4 rings (SSSR count). The van der Waals surface area contributed by atoms with Crippen LogP contribution >= 0.6 is 11.8 Å². The highest BCUT2D eigenvalue weighted by Gasteiger charge is 2.35. The molecule has 0 saturated heterocycles. The van der Waals surface area contributed by atoms with Gasteiger partial charge < -0.3 is 15.2 Å². The fourth-order valence-corrected chi connectivity index (χ4v) is 4.62. The summed E-state index contributed by atoms with van der Waals surface area (Å²) in [5.74, 6) is 2.01. The highest BCUT2D eigenvalue weighted by atomic mass is 32.2. The largest absolute Gasteiger partial charge is 0.370 e. The molecule has 2 aliphatic rings. The summed E-state index contributed by atoms with van der Waals surface area (Å²) in [6, 6.07) is 10.4. The number of carbonyl (C=O) groups is 2. The smallest absolute Gasteiger partial charge is 0.233 e. The molecule has 1 aromatic heterocycles. The van der Waals surface area contributed by atoms with Crippen molar-refractivity contribution in [1.29, 1.82) is 0 Å². The second kappa shape index (κ2) is 9.20. The number of primary amides is 1. The second-order valence-corrected chi connectivity index (χ2v) is 9.30. The van der Waals surface area contributed by atoms with E-state index in [1.807, 2.05) is 27.7 Å². The van der Waals surface area contributed by atoms with Crippen LogP contribution in [-0.4, -0.2) is 43.3 Å². The van der Waals surface area contributed by atoms with Crippen molar-refractivity contribution in [3.05, 3.63) is 41.7 Å². The monoisotopic (exact) mass is 427 g/mol. The zero-order valence-corrected chi connectivity index (χ0v) is 18.2. The van der Waals surface area contributed by atoms with E-state index in [1.54, 1.807) is 0 Å². The molecule has 1 heterocycles. The lowest BCUT2D eigenvalue weighted by Crippen LogP contribution is -2.40. The fourth-order valence-electron chi connectivity index (χ4n) is 3.76. The molecule has 2 N–H and O–H groups in total. The first-order valence-electron chi connectivity index (χ1n) is 10.7. The van der Waals surface area contributed by atoms with Gasteiger partial charge in [0.25, 0.3) is 0 Å². The number of benzene rings is 1. The minimum Gasteiger partial charge on any atom is -0.370 e. The lowest BCUT2D eigenvalue weighted by molar-refractivity contribution is -0.131. The van der Waals surface area contributed by atoms with E-state index in [-0.39, 0.29) is 24.3 Å². The molecule has 0 aliphatic heterocycles. The van der Waals surface area contributed by atoms with Crippen molar-refractivity contribution in [1.82, 2.24) is 19.7 Å². The predicted octanol–water partition coefficient (Wildman–Crippen LogP) is 2.95. The quantitative estimate of drug-likeness (QED) is 0.557. The van der Waals surface area contributed by atoms with E-state index in [4.69, 9.17) is 5.73 Å². The van der Waals surface area contributed by atoms with Crippen LogP contribution in [0.1, 0.15) is 56.3 Å². The molecule has 30 heavy (non-hydrogen) atoms.